The van der Waals surface area contributed by atoms with Crippen LogP contribution in [-0.2, 0) is 30.3 Å². The van der Waals surface area contributed by atoms with Gasteiger partial charge in [0.05, 0.1) is 18.9 Å². The molecule has 2 aromatic rings. The van der Waals surface area contributed by atoms with Crippen molar-refractivity contribution in [2.75, 3.05) is 13.7 Å². The average molecular weight is 595 g/mol. The van der Waals surface area contributed by atoms with Crippen molar-refractivity contribution in [2.45, 2.75) is 61.5 Å². The Balaban J connectivity index is 0.000000587. The Morgan fingerprint density at radius 3 is 2.15 bits per heavy atom. The summed E-state index contributed by atoms with van der Waals surface area (Å²) in [4.78, 5) is 51.6. The Morgan fingerprint density at radius 1 is 1.07 bits per heavy atom. The van der Waals surface area contributed by atoms with Gasteiger partial charge in [-0.05, 0) is 36.6 Å². The highest BCUT2D eigenvalue weighted by Crippen LogP contribution is 2.50. The number of carbonyl (C=O) groups is 4. The molecule has 5 atom stereocenters. The normalized spacial score (nSPS) is 24.4. The number of carbonyl (C=O) groups excluding carboxylic acids is 3. The molecule has 2 heterocycles. The number of likely N-dealkylation sites (tertiary alicyclic amines) is 1. The molecular weight excluding hydrogens is 561 g/mol. The van der Waals surface area contributed by atoms with E-state index in [0.29, 0.717) is 5.25 Å². The van der Waals surface area contributed by atoms with Crippen molar-refractivity contribution in [1.29, 1.82) is 0 Å². The number of rotatable bonds is 8. The van der Waals surface area contributed by atoms with E-state index in [1.807, 2.05) is 42.5 Å². The number of nitrogens with one attached hydrogen (secondary N) is 1. The zero-order chi connectivity index (χ0) is 30.5. The SMILES string of the molecule is CCC(C)Sc1ccc([C@H]2N[C@@](Cc3ccccc3)(C(=O)OC)[C@H]3C(=O)N(CC)C(=O)[C@@H]23)cc1.O=C(O)C(F)(F)F. The van der Waals surface area contributed by atoms with E-state index in [9.17, 15) is 27.6 Å². The van der Waals surface area contributed by atoms with Gasteiger partial charge in [0.2, 0.25) is 11.8 Å². The maximum absolute atomic E-state index is 13.5. The number of benzene rings is 2. The Hall–Kier alpha value is -3.38. The van der Waals surface area contributed by atoms with Crippen LogP contribution in [0.3, 0.4) is 0 Å². The van der Waals surface area contributed by atoms with Crippen molar-refractivity contribution >= 4 is 35.5 Å². The summed E-state index contributed by atoms with van der Waals surface area (Å²) in [6.45, 7) is 6.43. The van der Waals surface area contributed by atoms with Gasteiger partial charge in [0.1, 0.15) is 5.54 Å². The predicted octanol–water partition coefficient (Wildman–Crippen LogP) is 4.63. The van der Waals surface area contributed by atoms with Gasteiger partial charge in [-0.25, -0.2) is 4.79 Å². The summed E-state index contributed by atoms with van der Waals surface area (Å²) in [7, 11) is 1.33. The summed E-state index contributed by atoms with van der Waals surface area (Å²) in [5.41, 5.74) is 0.462. The number of methoxy groups -OCH3 is 1. The highest BCUT2D eigenvalue weighted by molar-refractivity contribution is 7.99. The third-order valence-corrected chi connectivity index (χ3v) is 8.61. The molecule has 8 nitrogen and oxygen atoms in total. The number of thioether (sulfide) groups is 1. The molecular formula is C29H33F3N2O6S. The zero-order valence-corrected chi connectivity index (χ0v) is 23.9. The van der Waals surface area contributed by atoms with Gasteiger partial charge in [0.15, 0.2) is 0 Å². The number of carboxylic acid groups (broad SMARTS) is 1. The van der Waals surface area contributed by atoms with Crippen molar-refractivity contribution in [3.63, 3.8) is 0 Å². The molecule has 2 fully saturated rings. The average Bonchev–Trinajstić information content (AvgIpc) is 3.41. The Kier molecular flexibility index (Phi) is 10.2. The molecule has 2 N–H and O–H groups in total. The number of aliphatic carboxylic acids is 1. The number of fused-ring (bicyclic) bond motifs is 1. The van der Waals surface area contributed by atoms with Crippen molar-refractivity contribution < 1.29 is 42.2 Å². The first kappa shape index (κ1) is 32.1. The highest BCUT2D eigenvalue weighted by atomic mass is 32.2. The zero-order valence-electron chi connectivity index (χ0n) is 23.1. The first-order valence-corrected chi connectivity index (χ1v) is 14.0. The first-order chi connectivity index (χ1) is 19.3. The fourth-order valence-electron chi connectivity index (χ4n) is 5.25. The second kappa shape index (κ2) is 13.1. The maximum Gasteiger partial charge on any atom is 0.490 e. The van der Waals surface area contributed by atoms with Crippen molar-refractivity contribution in [3.05, 3.63) is 65.7 Å². The smallest absolute Gasteiger partial charge is 0.475 e. The number of hydrogen-bond acceptors (Lipinski definition) is 7. The lowest BCUT2D eigenvalue weighted by Gasteiger charge is -2.32. The topological polar surface area (TPSA) is 113 Å². The Morgan fingerprint density at radius 2 is 1.66 bits per heavy atom. The van der Waals surface area contributed by atoms with Crippen molar-refractivity contribution in [2.24, 2.45) is 11.8 Å². The van der Waals surface area contributed by atoms with Gasteiger partial charge in [0, 0.05) is 29.2 Å². The fourth-order valence-corrected chi connectivity index (χ4v) is 6.18. The molecule has 12 heteroatoms. The van der Waals surface area contributed by atoms with Crippen LogP contribution in [-0.4, -0.2) is 64.4 Å². The van der Waals surface area contributed by atoms with E-state index < -0.39 is 41.5 Å². The molecule has 0 aromatic heterocycles. The summed E-state index contributed by atoms with van der Waals surface area (Å²) in [6, 6.07) is 17.2. The quantitative estimate of drug-likeness (QED) is 0.259. The molecule has 2 aliphatic rings. The van der Waals surface area contributed by atoms with Gasteiger partial charge in [0.25, 0.3) is 0 Å². The number of halogens is 3. The number of alkyl halides is 3. The highest BCUT2D eigenvalue weighted by Gasteiger charge is 2.68. The van der Waals surface area contributed by atoms with E-state index in [2.05, 4.69) is 31.3 Å². The lowest BCUT2D eigenvalue weighted by molar-refractivity contribution is -0.192. The van der Waals surface area contributed by atoms with Crippen LogP contribution in [0.5, 0.6) is 0 Å². The molecule has 41 heavy (non-hydrogen) atoms. The van der Waals surface area contributed by atoms with E-state index >= 15 is 0 Å². The van der Waals surface area contributed by atoms with E-state index in [1.165, 1.54) is 12.0 Å². The third kappa shape index (κ3) is 6.75. The molecule has 2 aliphatic heterocycles. The van der Waals surface area contributed by atoms with E-state index in [0.717, 1.165) is 22.4 Å². The van der Waals surface area contributed by atoms with Crippen LogP contribution in [0, 0.1) is 11.8 Å². The van der Waals surface area contributed by atoms with E-state index in [4.69, 9.17) is 14.6 Å². The lowest BCUT2D eigenvalue weighted by atomic mass is 9.76. The molecule has 0 radical (unpaired) electrons. The minimum Gasteiger partial charge on any atom is -0.475 e. The van der Waals surface area contributed by atoms with Gasteiger partial charge in [-0.2, -0.15) is 13.2 Å². The standard InChI is InChI=1S/C27H32N2O4S.C2HF3O2/c1-5-17(3)34-20-14-12-19(13-15-20)23-21-22(25(31)29(6-2)24(21)30)27(28-23,26(32)33-4)16-18-10-8-7-9-11-18;3-2(4,5)1(6)7/h7-15,17,21-23,28H,5-6,16H2,1-4H3;(H,6,7)/t17?,21-,22-,23-,27-;/m1./s1. The summed E-state index contributed by atoms with van der Waals surface area (Å²) in [6.07, 6.45) is -3.75. The number of imide groups is 1. The Bertz CT molecular complexity index is 1260. The second-order valence-corrected chi connectivity index (χ2v) is 11.4. The number of esters is 1. The predicted molar refractivity (Wildman–Crippen MR) is 146 cm³/mol. The number of carboxylic acids is 1. The van der Waals surface area contributed by atoms with Gasteiger partial charge in [-0.1, -0.05) is 56.3 Å². The largest absolute Gasteiger partial charge is 0.490 e. The second-order valence-electron chi connectivity index (χ2n) is 9.88. The molecule has 4 rings (SSSR count). The molecule has 0 saturated carbocycles. The minimum absolute atomic E-state index is 0.230. The summed E-state index contributed by atoms with van der Waals surface area (Å²) in [5, 5.41) is 11.1. The van der Waals surface area contributed by atoms with Crippen molar-refractivity contribution in [3.8, 4) is 0 Å². The summed E-state index contributed by atoms with van der Waals surface area (Å²) < 4.78 is 37.0. The molecule has 0 spiro atoms. The van der Waals surface area contributed by atoms with Crippen LogP contribution in [0.25, 0.3) is 0 Å². The van der Waals surface area contributed by atoms with Crippen molar-refractivity contribution in [1.82, 2.24) is 10.2 Å². The monoisotopic (exact) mass is 594 g/mol. The molecule has 1 unspecified atom stereocenters. The molecule has 0 aliphatic carbocycles. The number of amides is 2. The van der Waals surface area contributed by atoms with Crippen LogP contribution in [0.15, 0.2) is 59.5 Å². The van der Waals surface area contributed by atoms with Crippen LogP contribution >= 0.6 is 11.8 Å². The fraction of sp³-hybridized carbons (Fsp3) is 0.448. The van der Waals surface area contributed by atoms with Crippen LogP contribution in [0.2, 0.25) is 0 Å². The van der Waals surface area contributed by atoms with E-state index in [1.54, 1.807) is 18.7 Å². The van der Waals surface area contributed by atoms with Gasteiger partial charge in [-0.15, -0.1) is 11.8 Å². The molecule has 2 aromatic carbocycles. The van der Waals surface area contributed by atoms with E-state index in [-0.39, 0.29) is 24.8 Å². The number of nitrogens with zero attached hydrogens (tertiary/aromatic N) is 1. The summed E-state index contributed by atoms with van der Waals surface area (Å²) in [5.74, 6) is -5.30. The minimum atomic E-state index is -5.08. The van der Waals surface area contributed by atoms with Crippen LogP contribution in [0.1, 0.15) is 44.4 Å². The maximum atomic E-state index is 13.5. The molecule has 2 saturated heterocycles. The number of ether oxygens (including phenoxy) is 1. The molecule has 0 bridgehead atoms. The third-order valence-electron chi connectivity index (χ3n) is 7.33. The molecule has 2 amide bonds. The Labute approximate surface area is 240 Å². The molecule has 222 valence electrons. The van der Waals surface area contributed by atoms with Crippen LogP contribution in [0.4, 0.5) is 13.2 Å². The number of hydrogen-bond donors (Lipinski definition) is 2. The first-order valence-electron chi connectivity index (χ1n) is 13.1. The summed E-state index contributed by atoms with van der Waals surface area (Å²) >= 11 is 1.81. The van der Waals surface area contributed by atoms with Gasteiger partial charge >= 0.3 is 18.1 Å². The van der Waals surface area contributed by atoms with Crippen LogP contribution < -0.4 is 5.32 Å². The van der Waals surface area contributed by atoms with Gasteiger partial charge < -0.3 is 9.84 Å². The van der Waals surface area contributed by atoms with Gasteiger partial charge in [-0.3, -0.25) is 24.6 Å². The lowest BCUT2D eigenvalue weighted by Crippen LogP contribution is -2.57.